The Bertz CT molecular complexity index is 520. The molecule has 0 heterocycles. The molecule has 0 atom stereocenters. The first-order chi connectivity index (χ1) is 8.15. The van der Waals surface area contributed by atoms with Crippen molar-refractivity contribution in [2.75, 3.05) is 0 Å². The van der Waals surface area contributed by atoms with Gasteiger partial charge in [0.05, 0.1) is 4.90 Å². The molecule has 0 aromatic heterocycles. The Kier molecular flexibility index (Phi) is 5.63. The highest BCUT2D eigenvalue weighted by Gasteiger charge is 2.14. The number of hydrogen-bond acceptors (Lipinski definition) is 4. The largest absolute Gasteiger partial charge is 0.352 e. The molecule has 0 saturated carbocycles. The number of carbonyl (C=O) groups excluding carboxylic acids is 2. The van der Waals surface area contributed by atoms with Crippen LogP contribution in [0.2, 0.25) is 0 Å². The van der Waals surface area contributed by atoms with Gasteiger partial charge in [0.1, 0.15) is 0 Å². The lowest BCUT2D eigenvalue weighted by Gasteiger charge is -2.03. The van der Waals surface area contributed by atoms with Crippen LogP contribution in [0.3, 0.4) is 0 Å². The van der Waals surface area contributed by atoms with Crippen LogP contribution in [-0.4, -0.2) is 20.5 Å². The summed E-state index contributed by atoms with van der Waals surface area (Å²) in [6.07, 6.45) is 0. The quantitative estimate of drug-likeness (QED) is 0.566. The smallest absolute Gasteiger partial charge is 0.326 e. The van der Waals surface area contributed by atoms with Gasteiger partial charge in [-0.3, -0.25) is 0 Å². The number of benzene rings is 1. The van der Waals surface area contributed by atoms with Crippen LogP contribution < -0.4 is 21.9 Å². The monoisotopic (exact) mass is 274 g/mol. The maximum atomic E-state index is 11.3. The second-order valence-electron chi connectivity index (χ2n) is 3.19. The van der Waals surface area contributed by atoms with Crippen LogP contribution in [0.15, 0.2) is 29.2 Å². The van der Waals surface area contributed by atoms with Crippen LogP contribution in [0, 0.1) is 6.92 Å². The van der Waals surface area contributed by atoms with E-state index in [1.54, 1.807) is 16.9 Å². The summed E-state index contributed by atoms with van der Waals surface area (Å²) in [4.78, 5) is 19.4. The minimum Gasteiger partial charge on any atom is -0.352 e. The molecule has 0 radical (unpaired) electrons. The average Bonchev–Trinajstić information content (AvgIpc) is 2.15. The molecule has 8 nitrogen and oxygen atoms in total. The van der Waals surface area contributed by atoms with Gasteiger partial charge in [-0.1, -0.05) is 17.7 Å². The number of carbonyl (C=O) groups is 2. The van der Waals surface area contributed by atoms with Gasteiger partial charge in [0.2, 0.25) is 0 Å². The predicted molar refractivity (Wildman–Crippen MR) is 64.9 cm³/mol. The Labute approximate surface area is 104 Å². The standard InChI is InChI=1S/C8H10N2O3S.CH4N2O/c1-6-2-4-7(5-3-6)14(12,13)10-8(9)11;2-1(3)4/h2-5H,1H3,(H3,9,10,11);(H4,2,3,4). The van der Waals surface area contributed by atoms with Crippen LogP contribution >= 0.6 is 0 Å². The summed E-state index contributed by atoms with van der Waals surface area (Å²) in [5, 5.41) is 0. The van der Waals surface area contributed by atoms with Gasteiger partial charge in [0.25, 0.3) is 10.0 Å². The highest BCUT2D eigenvalue weighted by molar-refractivity contribution is 7.90. The van der Waals surface area contributed by atoms with Crippen molar-refractivity contribution >= 4 is 22.1 Å². The Hall–Kier alpha value is -2.29. The molecule has 7 N–H and O–H groups in total. The van der Waals surface area contributed by atoms with E-state index < -0.39 is 22.1 Å². The number of sulfonamides is 1. The molecule has 18 heavy (non-hydrogen) atoms. The lowest BCUT2D eigenvalue weighted by molar-refractivity contribution is 0.253. The average molecular weight is 274 g/mol. The van der Waals surface area contributed by atoms with E-state index in [0.717, 1.165) is 5.56 Å². The summed E-state index contributed by atoms with van der Waals surface area (Å²) >= 11 is 0. The molecule has 9 heteroatoms. The molecule has 1 rings (SSSR count). The van der Waals surface area contributed by atoms with Gasteiger partial charge in [-0.05, 0) is 19.1 Å². The van der Waals surface area contributed by atoms with Crippen LogP contribution in [0.5, 0.6) is 0 Å². The van der Waals surface area contributed by atoms with E-state index in [2.05, 4.69) is 11.5 Å². The summed E-state index contributed by atoms with van der Waals surface area (Å²) in [6.45, 7) is 1.83. The Morgan fingerprint density at radius 2 is 1.44 bits per heavy atom. The molecule has 0 fully saturated rings. The van der Waals surface area contributed by atoms with Gasteiger partial charge in [-0.15, -0.1) is 0 Å². The number of urea groups is 2. The summed E-state index contributed by atoms with van der Waals surface area (Å²) in [7, 11) is -3.80. The molecule has 0 unspecified atom stereocenters. The first-order valence-corrected chi connectivity index (χ1v) is 6.07. The van der Waals surface area contributed by atoms with E-state index in [-0.39, 0.29) is 4.90 Å². The number of nitrogens with two attached hydrogens (primary N) is 3. The first-order valence-electron chi connectivity index (χ1n) is 4.59. The molecule has 1 aromatic carbocycles. The number of aryl methyl sites for hydroxylation is 1. The normalized spacial score (nSPS) is 9.83. The molecule has 0 aliphatic carbocycles. The molecule has 1 aromatic rings. The third-order valence-electron chi connectivity index (χ3n) is 1.57. The maximum absolute atomic E-state index is 11.3. The van der Waals surface area contributed by atoms with Gasteiger partial charge in [0, 0.05) is 0 Å². The van der Waals surface area contributed by atoms with E-state index in [1.807, 2.05) is 6.92 Å². The van der Waals surface area contributed by atoms with Crippen LogP contribution in [-0.2, 0) is 10.0 Å². The van der Waals surface area contributed by atoms with Crippen molar-refractivity contribution in [3.63, 3.8) is 0 Å². The van der Waals surface area contributed by atoms with Crippen molar-refractivity contribution in [2.24, 2.45) is 17.2 Å². The third-order valence-corrected chi connectivity index (χ3v) is 2.93. The van der Waals surface area contributed by atoms with Crippen molar-refractivity contribution < 1.29 is 18.0 Å². The molecular weight excluding hydrogens is 260 g/mol. The zero-order chi connectivity index (χ0) is 14.3. The van der Waals surface area contributed by atoms with E-state index >= 15 is 0 Å². The molecule has 4 amide bonds. The van der Waals surface area contributed by atoms with E-state index in [9.17, 15) is 13.2 Å². The summed E-state index contributed by atoms with van der Waals surface area (Å²) < 4.78 is 24.3. The molecule has 0 aliphatic heterocycles. The van der Waals surface area contributed by atoms with Crippen LogP contribution in [0.1, 0.15) is 5.56 Å². The lowest BCUT2D eigenvalue weighted by Crippen LogP contribution is -2.34. The van der Waals surface area contributed by atoms with Crippen molar-refractivity contribution in [1.29, 1.82) is 0 Å². The highest BCUT2D eigenvalue weighted by Crippen LogP contribution is 2.09. The summed E-state index contributed by atoms with van der Waals surface area (Å²) in [5.41, 5.74) is 14.1. The third kappa shape index (κ3) is 6.33. The minimum atomic E-state index is -3.80. The molecule has 0 saturated heterocycles. The first kappa shape index (κ1) is 15.7. The molecule has 0 spiro atoms. The Morgan fingerprint density at radius 3 is 1.78 bits per heavy atom. The van der Waals surface area contributed by atoms with E-state index in [4.69, 9.17) is 10.5 Å². The number of hydrogen-bond donors (Lipinski definition) is 4. The highest BCUT2D eigenvalue weighted by atomic mass is 32.2. The van der Waals surface area contributed by atoms with Crippen molar-refractivity contribution in [1.82, 2.24) is 4.72 Å². The van der Waals surface area contributed by atoms with Crippen molar-refractivity contribution in [3.8, 4) is 0 Å². The van der Waals surface area contributed by atoms with Gasteiger partial charge < -0.3 is 17.2 Å². The SMILES string of the molecule is Cc1ccc(S(=O)(=O)NC(N)=O)cc1.NC(N)=O. The van der Waals surface area contributed by atoms with Crippen molar-refractivity contribution in [2.45, 2.75) is 11.8 Å². The summed E-state index contributed by atoms with van der Waals surface area (Å²) in [6, 6.07) is 4.15. The molecule has 0 aliphatic rings. The second-order valence-corrected chi connectivity index (χ2v) is 4.87. The molecule has 0 bridgehead atoms. The van der Waals surface area contributed by atoms with E-state index in [0.29, 0.717) is 0 Å². The zero-order valence-corrected chi connectivity index (χ0v) is 10.4. The fraction of sp³-hybridized carbons (Fsp3) is 0.111. The van der Waals surface area contributed by atoms with Crippen LogP contribution in [0.25, 0.3) is 0 Å². The van der Waals surface area contributed by atoms with E-state index in [1.165, 1.54) is 12.1 Å². The molecular formula is C9H14N4O4S. The summed E-state index contributed by atoms with van der Waals surface area (Å²) in [5.74, 6) is 0. The maximum Gasteiger partial charge on any atom is 0.326 e. The Balaban J connectivity index is 0.000000631. The van der Waals surface area contributed by atoms with Gasteiger partial charge in [-0.25, -0.2) is 22.7 Å². The molecule has 100 valence electrons. The lowest BCUT2D eigenvalue weighted by atomic mass is 10.2. The van der Waals surface area contributed by atoms with Gasteiger partial charge in [0.15, 0.2) is 0 Å². The van der Waals surface area contributed by atoms with Gasteiger partial charge in [-0.2, -0.15) is 0 Å². The number of rotatable bonds is 2. The van der Waals surface area contributed by atoms with Gasteiger partial charge >= 0.3 is 12.1 Å². The fourth-order valence-electron chi connectivity index (χ4n) is 0.909. The van der Waals surface area contributed by atoms with Crippen LogP contribution in [0.4, 0.5) is 9.59 Å². The Morgan fingerprint density at radius 1 is 1.06 bits per heavy atom. The fourth-order valence-corrected chi connectivity index (χ4v) is 1.79. The number of amides is 4. The van der Waals surface area contributed by atoms with Crippen molar-refractivity contribution in [3.05, 3.63) is 29.8 Å². The minimum absolute atomic E-state index is 0.0156. The predicted octanol–water partition coefficient (Wildman–Crippen LogP) is -0.624. The topological polar surface area (TPSA) is 158 Å². The number of nitrogens with one attached hydrogen (secondary N) is 1. The number of primary amides is 3. The second kappa shape index (κ2) is 6.45. The zero-order valence-electron chi connectivity index (χ0n) is 9.58.